The number of rotatable bonds is 16. The topological polar surface area (TPSA) is 64.6 Å². The van der Waals surface area contributed by atoms with E-state index in [9.17, 15) is 0 Å². The third-order valence-electron chi connectivity index (χ3n) is 6.14. The van der Waals surface area contributed by atoms with Gasteiger partial charge in [-0.15, -0.1) is 0 Å². The van der Waals surface area contributed by atoms with Gasteiger partial charge in [-0.25, -0.2) is 0 Å². The van der Waals surface area contributed by atoms with Crippen molar-refractivity contribution in [1.82, 2.24) is 0 Å². The Morgan fingerprint density at radius 2 is 1.21 bits per heavy atom. The first-order chi connectivity index (χ1) is 19.2. The molecule has 0 bridgehead atoms. The van der Waals surface area contributed by atoms with Gasteiger partial charge in [0.1, 0.15) is 12.2 Å². The molecule has 0 N–H and O–H groups in total. The van der Waals surface area contributed by atoms with Gasteiger partial charge in [-0.2, -0.15) is 0 Å². The fourth-order valence-corrected chi connectivity index (χ4v) is 5.23. The maximum atomic E-state index is 6.49. The van der Waals surface area contributed by atoms with Crippen LogP contribution in [0.1, 0.15) is 37.0 Å². The van der Waals surface area contributed by atoms with Gasteiger partial charge >= 0.3 is 8.60 Å². The average Bonchev–Trinajstić information content (AvgIpc) is 2.97. The van der Waals surface area contributed by atoms with E-state index < -0.39 is 21.0 Å². The third-order valence-corrected chi connectivity index (χ3v) is 7.49. The predicted octanol–water partition coefficient (Wildman–Crippen LogP) is 6.81. The lowest BCUT2D eigenvalue weighted by atomic mass is 10.0. The van der Waals surface area contributed by atoms with Gasteiger partial charge in [-0.05, 0) is 30.5 Å². The summed E-state index contributed by atoms with van der Waals surface area (Å²) in [5.74, 6) is 0. The highest BCUT2D eigenvalue weighted by Gasteiger charge is 2.42. The van der Waals surface area contributed by atoms with Crippen LogP contribution in [0.25, 0.3) is 0 Å². The minimum atomic E-state index is -1.54. The molecular formula is C31H39O7P. The summed E-state index contributed by atoms with van der Waals surface area (Å²) in [4.78, 5) is 0. The average molecular weight is 555 g/mol. The van der Waals surface area contributed by atoms with Crippen molar-refractivity contribution < 1.29 is 32.5 Å². The molecule has 1 aliphatic rings. The first-order valence-electron chi connectivity index (χ1n) is 13.6. The van der Waals surface area contributed by atoms with E-state index in [-0.39, 0.29) is 12.2 Å². The Labute approximate surface area is 233 Å². The quantitative estimate of drug-likeness (QED) is 0.180. The molecule has 0 amide bonds. The highest BCUT2D eigenvalue weighted by Crippen LogP contribution is 2.43. The number of hydrogen-bond acceptors (Lipinski definition) is 7. The summed E-state index contributed by atoms with van der Waals surface area (Å²) in [6.07, 6.45) is -1.19. The molecular weight excluding hydrogens is 515 g/mol. The van der Waals surface area contributed by atoms with Gasteiger partial charge in [0.25, 0.3) is 0 Å². The minimum absolute atomic E-state index is 0.293. The zero-order valence-corrected chi connectivity index (χ0v) is 23.6. The van der Waals surface area contributed by atoms with Crippen molar-refractivity contribution in [1.29, 1.82) is 0 Å². The molecule has 3 aromatic rings. The Kier molecular flexibility index (Phi) is 12.8. The highest BCUT2D eigenvalue weighted by molar-refractivity contribution is 7.41. The molecule has 0 saturated carbocycles. The molecule has 0 aromatic heterocycles. The molecule has 1 fully saturated rings. The van der Waals surface area contributed by atoms with Gasteiger partial charge in [0.2, 0.25) is 0 Å². The van der Waals surface area contributed by atoms with Gasteiger partial charge in [0.05, 0.1) is 45.7 Å². The van der Waals surface area contributed by atoms with E-state index >= 15 is 0 Å². The lowest BCUT2D eigenvalue weighted by Crippen LogP contribution is -2.52. The molecule has 0 spiro atoms. The van der Waals surface area contributed by atoms with Crippen LogP contribution in [0.3, 0.4) is 0 Å². The first kappa shape index (κ1) is 29.8. The maximum Gasteiger partial charge on any atom is 0.335 e. The molecule has 3 aromatic carbocycles. The van der Waals surface area contributed by atoms with E-state index in [2.05, 4.69) is 12.1 Å². The fourth-order valence-electron chi connectivity index (χ4n) is 4.29. The fraction of sp³-hybridized carbons (Fsp3) is 0.419. The summed E-state index contributed by atoms with van der Waals surface area (Å²) in [7, 11) is -1.54. The van der Waals surface area contributed by atoms with Crippen molar-refractivity contribution in [2.45, 2.75) is 64.7 Å². The summed E-state index contributed by atoms with van der Waals surface area (Å²) in [5.41, 5.74) is 3.26. The lowest BCUT2D eigenvalue weighted by Gasteiger charge is -2.41. The van der Waals surface area contributed by atoms with E-state index in [0.29, 0.717) is 46.1 Å². The predicted molar refractivity (Wildman–Crippen MR) is 151 cm³/mol. The Morgan fingerprint density at radius 3 is 1.74 bits per heavy atom. The second kappa shape index (κ2) is 16.8. The molecule has 8 heteroatoms. The molecule has 1 saturated heterocycles. The Balaban J connectivity index is 1.50. The van der Waals surface area contributed by atoms with Gasteiger partial charge < -0.3 is 28.0 Å². The summed E-state index contributed by atoms with van der Waals surface area (Å²) < 4.78 is 43.1. The van der Waals surface area contributed by atoms with Crippen LogP contribution in [-0.4, -0.2) is 44.4 Å². The van der Waals surface area contributed by atoms with Crippen molar-refractivity contribution in [3.05, 3.63) is 108 Å². The molecule has 4 atom stereocenters. The molecule has 0 aliphatic carbocycles. The summed E-state index contributed by atoms with van der Waals surface area (Å²) in [6, 6.07) is 30.3. The van der Waals surface area contributed by atoms with Crippen LogP contribution in [0, 0.1) is 0 Å². The smallest absolute Gasteiger partial charge is 0.335 e. The van der Waals surface area contributed by atoms with E-state index in [4.69, 9.17) is 32.5 Å². The first-order valence-corrected chi connectivity index (χ1v) is 14.7. The summed E-state index contributed by atoms with van der Waals surface area (Å²) >= 11 is 0. The zero-order chi connectivity index (χ0) is 27.1. The van der Waals surface area contributed by atoms with Gasteiger partial charge in [0, 0.05) is 6.42 Å². The van der Waals surface area contributed by atoms with E-state index in [1.165, 1.54) is 0 Å². The van der Waals surface area contributed by atoms with Crippen LogP contribution in [0.2, 0.25) is 0 Å². The van der Waals surface area contributed by atoms with Crippen LogP contribution in [0.5, 0.6) is 0 Å². The van der Waals surface area contributed by atoms with Crippen molar-refractivity contribution in [3.8, 4) is 0 Å². The molecule has 1 heterocycles. The van der Waals surface area contributed by atoms with Gasteiger partial charge in [0.15, 0.2) is 6.29 Å². The van der Waals surface area contributed by atoms with Gasteiger partial charge in [-0.1, -0.05) is 91.0 Å². The standard InChI is InChI=1S/C31H39O7P/c1-3-35-39(36-4-2)38-30-20-28(33-22-26-16-10-6-11-17-26)31(34-23-27-18-12-7-13-19-27)29(37-30)24-32-21-25-14-8-5-9-15-25/h5-19,28-31H,3-4,20-24H2,1-2H3/t28-,29-,30?,31+/m1/s1. The van der Waals surface area contributed by atoms with Crippen LogP contribution < -0.4 is 0 Å². The zero-order valence-electron chi connectivity index (χ0n) is 22.7. The Bertz CT molecular complexity index is 1030. The van der Waals surface area contributed by atoms with Gasteiger partial charge in [-0.3, -0.25) is 4.52 Å². The SMILES string of the molecule is CCOP(OCC)OC1C[C@@H](OCc2ccccc2)[C@H](OCc2ccccc2)[C@@H](COCc2ccccc2)O1. The van der Waals surface area contributed by atoms with E-state index in [0.717, 1.165) is 16.7 Å². The summed E-state index contributed by atoms with van der Waals surface area (Å²) in [5, 5.41) is 0. The van der Waals surface area contributed by atoms with Crippen molar-refractivity contribution in [2.24, 2.45) is 0 Å². The summed E-state index contributed by atoms with van der Waals surface area (Å²) in [6.45, 7) is 6.48. The number of benzene rings is 3. The lowest BCUT2D eigenvalue weighted by molar-refractivity contribution is -0.259. The maximum absolute atomic E-state index is 6.49. The van der Waals surface area contributed by atoms with Crippen molar-refractivity contribution >= 4 is 8.60 Å². The monoisotopic (exact) mass is 554 g/mol. The molecule has 0 radical (unpaired) electrons. The Morgan fingerprint density at radius 1 is 0.692 bits per heavy atom. The molecule has 39 heavy (non-hydrogen) atoms. The van der Waals surface area contributed by atoms with Crippen molar-refractivity contribution in [2.75, 3.05) is 19.8 Å². The number of ether oxygens (including phenoxy) is 4. The van der Waals surface area contributed by atoms with Crippen LogP contribution >= 0.6 is 8.60 Å². The van der Waals surface area contributed by atoms with E-state index in [1.54, 1.807) is 0 Å². The molecule has 1 unspecified atom stereocenters. The van der Waals surface area contributed by atoms with Crippen LogP contribution in [-0.2, 0) is 52.3 Å². The minimum Gasteiger partial charge on any atom is -0.374 e. The highest BCUT2D eigenvalue weighted by atomic mass is 31.2. The van der Waals surface area contributed by atoms with E-state index in [1.807, 2.05) is 92.7 Å². The second-order valence-corrected chi connectivity index (χ2v) is 10.3. The largest absolute Gasteiger partial charge is 0.374 e. The number of hydrogen-bond donors (Lipinski definition) is 0. The van der Waals surface area contributed by atoms with Crippen molar-refractivity contribution in [3.63, 3.8) is 0 Å². The van der Waals surface area contributed by atoms with Crippen LogP contribution in [0.4, 0.5) is 0 Å². The molecule has 210 valence electrons. The van der Waals surface area contributed by atoms with Crippen LogP contribution in [0.15, 0.2) is 91.0 Å². The molecule has 4 rings (SSSR count). The molecule has 7 nitrogen and oxygen atoms in total. The molecule has 1 aliphatic heterocycles. The third kappa shape index (κ3) is 10.1. The second-order valence-electron chi connectivity index (χ2n) is 9.10. The Hall–Kier alpha value is -2.19. The normalized spacial score (nSPS) is 21.3.